The third-order valence-electron chi connectivity index (χ3n) is 3.90. The van der Waals surface area contributed by atoms with Gasteiger partial charge in [0.15, 0.2) is 0 Å². The number of imidazole rings is 1. The van der Waals surface area contributed by atoms with Gasteiger partial charge in [0, 0.05) is 11.3 Å². The van der Waals surface area contributed by atoms with Gasteiger partial charge < -0.3 is 4.57 Å². The molecule has 130 valence electrons. The first kappa shape index (κ1) is 17.2. The zero-order chi connectivity index (χ0) is 17.6. The monoisotopic (exact) mass is 356 g/mol. The quantitative estimate of drug-likeness (QED) is 0.667. The Bertz CT molecular complexity index is 870. The molecule has 0 fully saturated rings. The van der Waals surface area contributed by atoms with Crippen LogP contribution in [-0.4, -0.2) is 21.4 Å². The third kappa shape index (κ3) is 4.45. The molecule has 2 N–H and O–H groups in total. The van der Waals surface area contributed by atoms with Gasteiger partial charge in [-0.2, -0.15) is 0 Å². The van der Waals surface area contributed by atoms with Crippen molar-refractivity contribution in [1.82, 2.24) is 20.4 Å². The fourth-order valence-electron chi connectivity index (χ4n) is 2.66. The van der Waals surface area contributed by atoms with E-state index in [0.29, 0.717) is 6.42 Å². The number of hydrazine groups is 1. The summed E-state index contributed by atoms with van der Waals surface area (Å²) in [5, 5.41) is 2.03. The van der Waals surface area contributed by atoms with Gasteiger partial charge >= 0.3 is 0 Å². The highest BCUT2D eigenvalue weighted by atomic mass is 32.1. The average molecular weight is 356 g/mol. The molecule has 2 heterocycles. The summed E-state index contributed by atoms with van der Waals surface area (Å²) in [6.45, 7) is 1.97. The van der Waals surface area contributed by atoms with Crippen LogP contribution in [0.5, 0.6) is 0 Å². The molecule has 0 atom stereocenters. The lowest BCUT2D eigenvalue weighted by Crippen LogP contribution is -2.43. The van der Waals surface area contributed by atoms with Crippen molar-refractivity contribution in [3.63, 3.8) is 0 Å². The number of nitrogens with one attached hydrogen (secondary N) is 2. The minimum absolute atomic E-state index is 0.113. The number of aromatic nitrogens is 2. The van der Waals surface area contributed by atoms with E-state index >= 15 is 0 Å². The zero-order valence-electron chi connectivity index (χ0n) is 14.0. The Kier molecular flexibility index (Phi) is 5.45. The van der Waals surface area contributed by atoms with Crippen LogP contribution in [0, 0.1) is 6.92 Å². The van der Waals surface area contributed by atoms with Crippen LogP contribution in [0.15, 0.2) is 41.8 Å². The molecule has 1 aromatic carbocycles. The number of para-hydroxylation sites is 2. The van der Waals surface area contributed by atoms with Crippen molar-refractivity contribution < 1.29 is 9.59 Å². The summed E-state index contributed by atoms with van der Waals surface area (Å²) < 4.78 is 1.83. The van der Waals surface area contributed by atoms with E-state index in [1.165, 1.54) is 4.88 Å². The maximum atomic E-state index is 12.1. The first-order chi connectivity index (χ1) is 12.1. The summed E-state index contributed by atoms with van der Waals surface area (Å²) in [5.41, 5.74) is 6.70. The number of hydrogen-bond donors (Lipinski definition) is 2. The van der Waals surface area contributed by atoms with Crippen molar-refractivity contribution in [2.45, 2.75) is 32.7 Å². The highest BCUT2D eigenvalue weighted by Gasteiger charge is 2.11. The molecular weight excluding hydrogens is 336 g/mol. The van der Waals surface area contributed by atoms with Crippen LogP contribution < -0.4 is 10.9 Å². The summed E-state index contributed by atoms with van der Waals surface area (Å²) in [4.78, 5) is 29.6. The molecule has 7 heteroatoms. The van der Waals surface area contributed by atoms with Crippen molar-refractivity contribution in [2.75, 3.05) is 0 Å². The van der Waals surface area contributed by atoms with E-state index in [0.717, 1.165) is 29.7 Å². The number of carbonyl (C=O) groups excluding carboxylic acids is 2. The second-order valence-corrected chi connectivity index (χ2v) is 6.80. The smallest absolute Gasteiger partial charge is 0.258 e. The van der Waals surface area contributed by atoms with E-state index in [4.69, 9.17) is 0 Å². The summed E-state index contributed by atoms with van der Waals surface area (Å²) in [6.07, 6.45) is 2.01. The van der Waals surface area contributed by atoms with Gasteiger partial charge in [-0.05, 0) is 43.3 Å². The molecule has 0 radical (unpaired) electrons. The molecule has 2 aromatic heterocycles. The molecule has 0 unspecified atom stereocenters. The molecule has 3 rings (SSSR count). The Morgan fingerprint density at radius 1 is 1.12 bits per heavy atom. The van der Waals surface area contributed by atoms with Gasteiger partial charge in [-0.25, -0.2) is 4.98 Å². The van der Waals surface area contributed by atoms with Gasteiger partial charge in [0.1, 0.15) is 12.4 Å². The third-order valence-corrected chi connectivity index (χ3v) is 4.83. The zero-order valence-corrected chi connectivity index (χ0v) is 14.8. The lowest BCUT2D eigenvalue weighted by Gasteiger charge is -2.09. The van der Waals surface area contributed by atoms with Crippen LogP contribution in [-0.2, 0) is 22.6 Å². The largest absolute Gasteiger partial charge is 0.319 e. The van der Waals surface area contributed by atoms with E-state index in [9.17, 15) is 9.59 Å². The van der Waals surface area contributed by atoms with Gasteiger partial charge in [0.05, 0.1) is 11.0 Å². The minimum atomic E-state index is -0.280. The summed E-state index contributed by atoms with van der Waals surface area (Å²) >= 11 is 1.69. The number of amides is 2. The van der Waals surface area contributed by atoms with Crippen molar-refractivity contribution >= 4 is 34.2 Å². The Labute approximate surface area is 149 Å². The Hall–Kier alpha value is -2.67. The lowest BCUT2D eigenvalue weighted by molar-refractivity contribution is -0.129. The number of carbonyl (C=O) groups is 2. The topological polar surface area (TPSA) is 76.0 Å². The second-order valence-electron chi connectivity index (χ2n) is 5.76. The van der Waals surface area contributed by atoms with Crippen LogP contribution >= 0.6 is 11.3 Å². The molecule has 2 amide bonds. The van der Waals surface area contributed by atoms with Crippen LogP contribution in [0.3, 0.4) is 0 Å². The fraction of sp³-hybridized carbons (Fsp3) is 0.278. The van der Waals surface area contributed by atoms with E-state index < -0.39 is 0 Å². The molecular formula is C18H20N4O2S. The molecule has 0 saturated carbocycles. The Morgan fingerprint density at radius 2 is 1.92 bits per heavy atom. The molecule has 0 spiro atoms. The van der Waals surface area contributed by atoms with Crippen molar-refractivity contribution in [2.24, 2.45) is 0 Å². The highest BCUT2D eigenvalue weighted by molar-refractivity contribution is 7.09. The Morgan fingerprint density at radius 3 is 2.72 bits per heavy atom. The number of thiophene rings is 1. The van der Waals surface area contributed by atoms with Gasteiger partial charge in [-0.3, -0.25) is 20.4 Å². The first-order valence-corrected chi connectivity index (χ1v) is 9.03. The van der Waals surface area contributed by atoms with Crippen LogP contribution in [0.4, 0.5) is 0 Å². The molecule has 0 saturated heterocycles. The summed E-state index contributed by atoms with van der Waals surface area (Å²) in [7, 11) is 0. The first-order valence-electron chi connectivity index (χ1n) is 8.15. The normalized spacial score (nSPS) is 10.8. The predicted octanol–water partition coefficient (Wildman–Crippen LogP) is 2.58. The van der Waals surface area contributed by atoms with Crippen LogP contribution in [0.1, 0.15) is 23.5 Å². The van der Waals surface area contributed by atoms with E-state index in [1.807, 2.05) is 47.2 Å². The van der Waals surface area contributed by atoms with Crippen LogP contribution in [0.2, 0.25) is 0 Å². The van der Waals surface area contributed by atoms with Gasteiger partial charge in [-0.15, -0.1) is 11.3 Å². The van der Waals surface area contributed by atoms with E-state index in [-0.39, 0.29) is 18.4 Å². The molecule has 0 aliphatic carbocycles. The molecule has 0 bridgehead atoms. The maximum Gasteiger partial charge on any atom is 0.258 e. The van der Waals surface area contributed by atoms with E-state index in [2.05, 4.69) is 21.9 Å². The lowest BCUT2D eigenvalue weighted by atomic mass is 10.2. The van der Waals surface area contributed by atoms with Crippen molar-refractivity contribution in [3.8, 4) is 0 Å². The SMILES string of the molecule is Cc1nc2ccccc2n1CC(=O)NNC(=O)CCCc1cccs1. The number of nitrogens with zero attached hydrogens (tertiary/aromatic N) is 2. The predicted molar refractivity (Wildman–Crippen MR) is 98.0 cm³/mol. The molecule has 6 nitrogen and oxygen atoms in total. The van der Waals surface area contributed by atoms with Gasteiger partial charge in [-0.1, -0.05) is 18.2 Å². The fourth-order valence-corrected chi connectivity index (χ4v) is 3.41. The van der Waals surface area contributed by atoms with Gasteiger partial charge in [0.2, 0.25) is 5.91 Å². The maximum absolute atomic E-state index is 12.1. The molecule has 0 aliphatic rings. The number of fused-ring (bicyclic) bond motifs is 1. The second kappa shape index (κ2) is 7.94. The summed E-state index contributed by atoms with van der Waals surface area (Å²) in [5.74, 6) is 0.300. The minimum Gasteiger partial charge on any atom is -0.319 e. The van der Waals surface area contributed by atoms with Crippen molar-refractivity contribution in [1.29, 1.82) is 0 Å². The number of benzene rings is 1. The molecule has 25 heavy (non-hydrogen) atoms. The molecule has 0 aliphatic heterocycles. The number of rotatable bonds is 6. The molecule has 3 aromatic rings. The van der Waals surface area contributed by atoms with Crippen LogP contribution in [0.25, 0.3) is 11.0 Å². The Balaban J connectivity index is 1.46. The standard InChI is InChI=1S/C18H20N4O2S/c1-13-19-15-8-2-3-9-16(15)22(13)12-18(24)21-20-17(23)10-4-6-14-7-5-11-25-14/h2-3,5,7-9,11H,4,6,10,12H2,1H3,(H,20,23)(H,21,24). The summed E-state index contributed by atoms with van der Waals surface area (Å²) in [6, 6.07) is 11.7. The highest BCUT2D eigenvalue weighted by Crippen LogP contribution is 2.15. The number of hydrogen-bond acceptors (Lipinski definition) is 4. The van der Waals surface area contributed by atoms with Gasteiger partial charge in [0.25, 0.3) is 5.91 Å². The van der Waals surface area contributed by atoms with E-state index in [1.54, 1.807) is 11.3 Å². The average Bonchev–Trinajstić information content (AvgIpc) is 3.22. The van der Waals surface area contributed by atoms with Crippen molar-refractivity contribution in [3.05, 3.63) is 52.5 Å². The number of aryl methyl sites for hydroxylation is 2.